The van der Waals surface area contributed by atoms with Crippen LogP contribution in [0.3, 0.4) is 0 Å². The zero-order valence-corrected chi connectivity index (χ0v) is 18.5. The first kappa shape index (κ1) is 22.9. The minimum absolute atomic E-state index is 0.0719. The van der Waals surface area contributed by atoms with Crippen LogP contribution in [-0.2, 0) is 14.8 Å². The molecule has 2 aromatic carbocycles. The average molecular weight is 445 g/mol. The molecule has 1 fully saturated rings. The van der Waals surface area contributed by atoms with E-state index < -0.39 is 10.0 Å². The standard InChI is InChI=1S/C22H25FN4O3S/c1-15-12-26(14-22(28)25-21-9-5-8-20(23)17(21)3)13-16(2)27(15)31(29,30)19-7-4-6-18(10-19)11-24/h4-10,15-16H,12-14H2,1-3H3,(H,25,28). The monoisotopic (exact) mass is 444 g/mol. The van der Waals surface area contributed by atoms with Gasteiger partial charge in [-0.2, -0.15) is 9.57 Å². The summed E-state index contributed by atoms with van der Waals surface area (Å²) < 4.78 is 41.5. The zero-order valence-electron chi connectivity index (χ0n) is 17.7. The van der Waals surface area contributed by atoms with Gasteiger partial charge in [0.2, 0.25) is 15.9 Å². The van der Waals surface area contributed by atoms with Gasteiger partial charge in [-0.3, -0.25) is 9.69 Å². The lowest BCUT2D eigenvalue weighted by atomic mass is 10.1. The molecule has 1 saturated heterocycles. The highest BCUT2D eigenvalue weighted by atomic mass is 32.2. The predicted octanol–water partition coefficient (Wildman–Crippen LogP) is 2.73. The maximum absolute atomic E-state index is 13.7. The Kier molecular flexibility index (Phi) is 6.74. The fourth-order valence-corrected chi connectivity index (χ4v) is 5.85. The van der Waals surface area contributed by atoms with Crippen molar-refractivity contribution in [3.63, 3.8) is 0 Å². The van der Waals surface area contributed by atoms with Gasteiger partial charge >= 0.3 is 0 Å². The average Bonchev–Trinajstić information content (AvgIpc) is 2.70. The molecule has 31 heavy (non-hydrogen) atoms. The Balaban J connectivity index is 1.70. The van der Waals surface area contributed by atoms with Crippen LogP contribution in [0.2, 0.25) is 0 Å². The first-order valence-electron chi connectivity index (χ1n) is 9.94. The molecular formula is C22H25FN4O3S. The summed E-state index contributed by atoms with van der Waals surface area (Å²) in [6.45, 7) is 6.00. The zero-order chi connectivity index (χ0) is 22.8. The van der Waals surface area contributed by atoms with Gasteiger partial charge in [-0.1, -0.05) is 12.1 Å². The molecule has 1 amide bonds. The van der Waals surface area contributed by atoms with E-state index in [2.05, 4.69) is 5.32 Å². The third kappa shape index (κ3) is 4.93. The summed E-state index contributed by atoms with van der Waals surface area (Å²) in [5.74, 6) is -0.675. The molecule has 1 aliphatic heterocycles. The minimum Gasteiger partial charge on any atom is -0.325 e. The number of nitriles is 1. The summed E-state index contributed by atoms with van der Waals surface area (Å²) in [6, 6.07) is 11.7. The van der Waals surface area contributed by atoms with Crippen LogP contribution in [0.25, 0.3) is 0 Å². The quantitative estimate of drug-likeness (QED) is 0.765. The summed E-state index contributed by atoms with van der Waals surface area (Å²) in [4.78, 5) is 14.5. The summed E-state index contributed by atoms with van der Waals surface area (Å²) in [5.41, 5.74) is 1.07. The Hall–Kier alpha value is -2.80. The van der Waals surface area contributed by atoms with Crippen molar-refractivity contribution >= 4 is 21.6 Å². The molecule has 0 saturated carbocycles. The number of carbonyl (C=O) groups is 1. The molecule has 2 unspecified atom stereocenters. The van der Waals surface area contributed by atoms with E-state index in [1.807, 2.05) is 11.0 Å². The Morgan fingerprint density at radius 2 is 1.84 bits per heavy atom. The largest absolute Gasteiger partial charge is 0.325 e. The van der Waals surface area contributed by atoms with Gasteiger partial charge in [-0.15, -0.1) is 0 Å². The SMILES string of the molecule is Cc1c(F)cccc1NC(=O)CN1CC(C)N(S(=O)(=O)c2cccc(C#N)c2)C(C)C1. The number of anilines is 1. The number of nitrogens with one attached hydrogen (secondary N) is 1. The predicted molar refractivity (Wildman–Crippen MR) is 115 cm³/mol. The van der Waals surface area contributed by atoms with Gasteiger partial charge in [0, 0.05) is 36.4 Å². The minimum atomic E-state index is -3.79. The molecule has 1 N–H and O–H groups in total. The van der Waals surface area contributed by atoms with Crippen molar-refractivity contribution in [1.82, 2.24) is 9.21 Å². The van der Waals surface area contributed by atoms with E-state index in [4.69, 9.17) is 5.26 Å². The first-order chi connectivity index (χ1) is 14.6. The Labute approximate surface area is 182 Å². The van der Waals surface area contributed by atoms with E-state index in [0.29, 0.717) is 24.3 Å². The van der Waals surface area contributed by atoms with E-state index in [1.54, 1.807) is 39.0 Å². The second-order valence-corrected chi connectivity index (χ2v) is 9.67. The second-order valence-electron chi connectivity index (χ2n) is 7.83. The number of rotatable bonds is 5. The fraction of sp³-hybridized carbons (Fsp3) is 0.364. The number of piperazine rings is 1. The van der Waals surface area contributed by atoms with Gasteiger partial charge in [0.15, 0.2) is 0 Å². The molecule has 3 rings (SSSR count). The molecule has 0 bridgehead atoms. The van der Waals surface area contributed by atoms with Crippen LogP contribution in [0.5, 0.6) is 0 Å². The molecule has 164 valence electrons. The Morgan fingerprint density at radius 3 is 2.48 bits per heavy atom. The van der Waals surface area contributed by atoms with Crippen molar-refractivity contribution in [3.05, 3.63) is 59.4 Å². The molecule has 1 aliphatic rings. The van der Waals surface area contributed by atoms with Gasteiger partial charge < -0.3 is 5.32 Å². The Bertz CT molecular complexity index is 1120. The van der Waals surface area contributed by atoms with Crippen LogP contribution < -0.4 is 5.32 Å². The highest BCUT2D eigenvalue weighted by Crippen LogP contribution is 2.26. The highest BCUT2D eigenvalue weighted by Gasteiger charge is 2.38. The molecule has 0 aromatic heterocycles. The number of carbonyl (C=O) groups excluding carboxylic acids is 1. The van der Waals surface area contributed by atoms with Crippen LogP contribution >= 0.6 is 0 Å². The number of sulfonamides is 1. The number of hydrogen-bond acceptors (Lipinski definition) is 5. The third-order valence-electron chi connectivity index (χ3n) is 5.36. The summed E-state index contributed by atoms with van der Waals surface area (Å²) >= 11 is 0. The van der Waals surface area contributed by atoms with Crippen LogP contribution in [-0.4, -0.2) is 55.2 Å². The van der Waals surface area contributed by atoms with Crippen molar-refractivity contribution in [1.29, 1.82) is 5.26 Å². The molecule has 0 radical (unpaired) electrons. The molecule has 9 heteroatoms. The van der Waals surface area contributed by atoms with Crippen LogP contribution in [0, 0.1) is 24.1 Å². The first-order valence-corrected chi connectivity index (χ1v) is 11.4. The van der Waals surface area contributed by atoms with Crippen LogP contribution in [0.4, 0.5) is 10.1 Å². The van der Waals surface area contributed by atoms with Crippen LogP contribution in [0.1, 0.15) is 25.0 Å². The fourth-order valence-electron chi connectivity index (χ4n) is 4.00. The molecule has 1 heterocycles. The van der Waals surface area contributed by atoms with E-state index in [1.165, 1.54) is 28.6 Å². The van der Waals surface area contributed by atoms with Crippen molar-refractivity contribution in [2.24, 2.45) is 0 Å². The number of hydrogen-bond donors (Lipinski definition) is 1. The van der Waals surface area contributed by atoms with Crippen molar-refractivity contribution in [3.8, 4) is 6.07 Å². The molecular weight excluding hydrogens is 419 g/mol. The number of nitrogens with zero attached hydrogens (tertiary/aromatic N) is 3. The van der Waals surface area contributed by atoms with E-state index in [-0.39, 0.29) is 40.8 Å². The van der Waals surface area contributed by atoms with Gasteiger partial charge in [-0.25, -0.2) is 12.8 Å². The maximum Gasteiger partial charge on any atom is 0.243 e. The maximum atomic E-state index is 13.7. The summed E-state index contributed by atoms with van der Waals surface area (Å²) in [6.07, 6.45) is 0. The lowest BCUT2D eigenvalue weighted by Gasteiger charge is -2.43. The van der Waals surface area contributed by atoms with Crippen LogP contribution in [0.15, 0.2) is 47.4 Å². The summed E-state index contributed by atoms with van der Waals surface area (Å²) in [7, 11) is -3.79. The summed E-state index contributed by atoms with van der Waals surface area (Å²) in [5, 5.41) is 11.8. The number of benzene rings is 2. The molecule has 0 spiro atoms. The van der Waals surface area contributed by atoms with Crippen molar-refractivity contribution in [2.45, 2.75) is 37.8 Å². The van der Waals surface area contributed by atoms with E-state index in [9.17, 15) is 17.6 Å². The lowest BCUT2D eigenvalue weighted by Crippen LogP contribution is -2.59. The number of amides is 1. The van der Waals surface area contributed by atoms with Crippen molar-refractivity contribution < 1.29 is 17.6 Å². The van der Waals surface area contributed by atoms with E-state index >= 15 is 0 Å². The third-order valence-corrected chi connectivity index (χ3v) is 7.49. The lowest BCUT2D eigenvalue weighted by molar-refractivity contribution is -0.118. The molecule has 2 aromatic rings. The Morgan fingerprint density at radius 1 is 1.19 bits per heavy atom. The normalized spacial score (nSPS) is 20.2. The smallest absolute Gasteiger partial charge is 0.243 e. The number of halogens is 1. The highest BCUT2D eigenvalue weighted by molar-refractivity contribution is 7.89. The molecule has 7 nitrogen and oxygen atoms in total. The molecule has 2 atom stereocenters. The van der Waals surface area contributed by atoms with Gasteiger partial charge in [0.25, 0.3) is 0 Å². The molecule has 0 aliphatic carbocycles. The van der Waals surface area contributed by atoms with Crippen molar-refractivity contribution in [2.75, 3.05) is 25.0 Å². The topological polar surface area (TPSA) is 93.5 Å². The van der Waals surface area contributed by atoms with Gasteiger partial charge in [-0.05, 0) is 51.1 Å². The van der Waals surface area contributed by atoms with E-state index in [0.717, 1.165) is 0 Å². The van der Waals surface area contributed by atoms with Gasteiger partial charge in [0.05, 0.1) is 23.1 Å². The van der Waals surface area contributed by atoms with Gasteiger partial charge in [0.1, 0.15) is 5.82 Å². The second kappa shape index (κ2) is 9.14.